The van der Waals surface area contributed by atoms with Gasteiger partial charge in [-0.2, -0.15) is 0 Å². The van der Waals surface area contributed by atoms with Gasteiger partial charge in [0.15, 0.2) is 0 Å². The molecule has 0 aromatic heterocycles. The van der Waals surface area contributed by atoms with Gasteiger partial charge in [0.25, 0.3) is 17.7 Å². The van der Waals surface area contributed by atoms with E-state index in [0.29, 0.717) is 53.9 Å². The van der Waals surface area contributed by atoms with E-state index in [9.17, 15) is 24.0 Å². The molecule has 3 aromatic carbocycles. The largest absolute Gasteiger partial charge is 0.371 e. The molecule has 5 amide bonds. The van der Waals surface area contributed by atoms with Crippen LogP contribution >= 0.6 is 11.6 Å². The third kappa shape index (κ3) is 6.82. The van der Waals surface area contributed by atoms with Crippen LogP contribution in [0.15, 0.2) is 48.5 Å². The van der Waals surface area contributed by atoms with Gasteiger partial charge in [0.05, 0.1) is 23.3 Å². The molecule has 4 saturated heterocycles. The summed E-state index contributed by atoms with van der Waals surface area (Å²) in [7, 11) is 0. The number of anilines is 2. The molecule has 4 fully saturated rings. The minimum absolute atomic E-state index is 0.0778. The van der Waals surface area contributed by atoms with Crippen LogP contribution in [0.25, 0.3) is 4.85 Å². The van der Waals surface area contributed by atoms with Gasteiger partial charge in [-0.1, -0.05) is 17.7 Å². The minimum Gasteiger partial charge on any atom is -0.371 e. The molecule has 9 rings (SSSR count). The highest BCUT2D eigenvalue weighted by Crippen LogP contribution is 2.44. The monoisotopic (exact) mass is 791 g/mol. The van der Waals surface area contributed by atoms with Gasteiger partial charge in [0.2, 0.25) is 17.5 Å². The lowest BCUT2D eigenvalue weighted by atomic mass is 9.77. The number of fused-ring (bicyclic) bond motifs is 2. The molecule has 294 valence electrons. The molecule has 0 saturated carbocycles. The zero-order valence-corrected chi connectivity index (χ0v) is 32.3. The Morgan fingerprint density at radius 1 is 0.842 bits per heavy atom. The van der Waals surface area contributed by atoms with Gasteiger partial charge in [-0.15, -0.1) is 0 Å². The highest BCUT2D eigenvalue weighted by atomic mass is 35.5. The van der Waals surface area contributed by atoms with Gasteiger partial charge >= 0.3 is 0 Å². The summed E-state index contributed by atoms with van der Waals surface area (Å²) in [6.45, 7) is 13.9. The van der Waals surface area contributed by atoms with Gasteiger partial charge in [-0.3, -0.25) is 39.1 Å². The van der Waals surface area contributed by atoms with E-state index in [4.69, 9.17) is 18.2 Å². The molecule has 1 atom stereocenters. The second kappa shape index (κ2) is 14.6. The van der Waals surface area contributed by atoms with Crippen LogP contribution in [0.4, 0.5) is 21.5 Å². The zero-order chi connectivity index (χ0) is 39.6. The van der Waals surface area contributed by atoms with Crippen LogP contribution in [0.5, 0.6) is 0 Å². The summed E-state index contributed by atoms with van der Waals surface area (Å²) < 4.78 is 15.6. The first-order valence-electron chi connectivity index (χ1n) is 19.8. The fourth-order valence-corrected chi connectivity index (χ4v) is 10.1. The topological polar surface area (TPSA) is 118 Å². The van der Waals surface area contributed by atoms with Crippen molar-refractivity contribution in [2.24, 2.45) is 11.3 Å². The Balaban J connectivity index is 0.754. The molecule has 6 aliphatic rings. The number of hydrogen-bond donors (Lipinski definition) is 1. The molecule has 1 unspecified atom stereocenters. The third-order valence-electron chi connectivity index (χ3n) is 13.2. The van der Waals surface area contributed by atoms with Crippen molar-refractivity contribution in [1.82, 2.24) is 20.0 Å². The molecule has 0 aliphatic carbocycles. The Hall–Kier alpha value is -5.32. The Bertz CT molecular complexity index is 2210. The van der Waals surface area contributed by atoms with Gasteiger partial charge in [-0.25, -0.2) is 9.24 Å². The van der Waals surface area contributed by atoms with Gasteiger partial charge in [-0.05, 0) is 103 Å². The molecular weight excluding hydrogens is 749 g/mol. The summed E-state index contributed by atoms with van der Waals surface area (Å²) in [6, 6.07) is 13.2. The van der Waals surface area contributed by atoms with Crippen molar-refractivity contribution in [3.8, 4) is 0 Å². The molecule has 0 bridgehead atoms. The number of likely N-dealkylation sites (tertiary alicyclic amines) is 1. The number of halogens is 2. The lowest BCUT2D eigenvalue weighted by Gasteiger charge is -2.40. The molecule has 57 heavy (non-hydrogen) atoms. The van der Waals surface area contributed by atoms with E-state index in [1.807, 2.05) is 18.2 Å². The fourth-order valence-electron chi connectivity index (χ4n) is 9.88. The van der Waals surface area contributed by atoms with E-state index in [2.05, 4.69) is 24.9 Å². The highest BCUT2D eigenvalue weighted by Gasteiger charge is 2.46. The first-order chi connectivity index (χ1) is 27.5. The van der Waals surface area contributed by atoms with Crippen LogP contribution in [0, 0.1) is 23.7 Å². The number of rotatable bonds is 6. The number of carbonyl (C=O) groups excluding carboxylic acids is 5. The summed E-state index contributed by atoms with van der Waals surface area (Å²) >= 11 is 6.32. The summed E-state index contributed by atoms with van der Waals surface area (Å²) in [5, 5.41) is 2.71. The number of benzene rings is 3. The van der Waals surface area contributed by atoms with E-state index >= 15 is 4.39 Å². The average molecular weight is 792 g/mol. The van der Waals surface area contributed by atoms with Crippen molar-refractivity contribution < 1.29 is 28.4 Å². The number of hydrogen-bond acceptors (Lipinski definition) is 8. The van der Waals surface area contributed by atoms with Gasteiger partial charge < -0.3 is 14.7 Å². The Morgan fingerprint density at radius 3 is 2.09 bits per heavy atom. The standard InChI is InChI=1S/C43H43ClFN7O5/c1-46-36-5-3-29(20-34(36)44)51-17-12-43(25-51)10-15-49(16-11-43)30-2-4-31(35(45)21-30)40(55)50-13-8-26(9-14-50)22-48-23-27-18-32-33(19-28(27)24-48)42(57)52(41(32)56)37-6-7-38(53)47-39(37)54/h2-5,18-21,26,37H,6-17,22-25H2,(H,47,53,54). The predicted octanol–water partition coefficient (Wildman–Crippen LogP) is 5.80. The van der Waals surface area contributed by atoms with E-state index in [-0.39, 0.29) is 29.7 Å². The maximum atomic E-state index is 15.6. The van der Waals surface area contributed by atoms with Gasteiger partial charge in [0, 0.05) is 81.7 Å². The lowest BCUT2D eigenvalue weighted by Crippen LogP contribution is -2.54. The number of amides is 5. The van der Waals surface area contributed by atoms with Crippen molar-refractivity contribution in [1.29, 1.82) is 0 Å². The van der Waals surface area contributed by atoms with Gasteiger partial charge in [0.1, 0.15) is 11.9 Å². The Kier molecular flexibility index (Phi) is 9.52. The molecule has 1 N–H and O–H groups in total. The molecule has 12 nitrogen and oxygen atoms in total. The molecule has 1 spiro atoms. The van der Waals surface area contributed by atoms with E-state index in [1.165, 1.54) is 6.07 Å². The van der Waals surface area contributed by atoms with Crippen molar-refractivity contribution in [3.05, 3.63) is 98.6 Å². The van der Waals surface area contributed by atoms with Crippen LogP contribution in [0.3, 0.4) is 0 Å². The molecule has 14 heteroatoms. The fraction of sp³-hybridized carbons (Fsp3) is 0.442. The minimum atomic E-state index is -0.988. The van der Waals surface area contributed by atoms with Crippen molar-refractivity contribution in [2.45, 2.75) is 64.1 Å². The lowest BCUT2D eigenvalue weighted by molar-refractivity contribution is -0.136. The van der Waals surface area contributed by atoms with E-state index < -0.39 is 35.5 Å². The number of carbonyl (C=O) groups is 5. The summed E-state index contributed by atoms with van der Waals surface area (Å²) in [4.78, 5) is 77.3. The van der Waals surface area contributed by atoms with Crippen molar-refractivity contribution in [2.75, 3.05) is 55.6 Å². The number of nitrogens with one attached hydrogen (secondary N) is 1. The van der Waals surface area contributed by atoms with Crippen LogP contribution in [0.1, 0.15) is 87.1 Å². The van der Waals surface area contributed by atoms with Crippen LogP contribution in [-0.4, -0.2) is 96.1 Å². The number of piperidine rings is 3. The van der Waals surface area contributed by atoms with Crippen molar-refractivity contribution >= 4 is 58.2 Å². The van der Waals surface area contributed by atoms with Crippen LogP contribution in [-0.2, 0) is 22.7 Å². The molecule has 0 radical (unpaired) electrons. The van der Waals surface area contributed by atoms with Crippen LogP contribution in [0.2, 0.25) is 5.02 Å². The zero-order valence-electron chi connectivity index (χ0n) is 31.6. The second-order valence-electron chi connectivity index (χ2n) is 16.6. The highest BCUT2D eigenvalue weighted by molar-refractivity contribution is 6.33. The predicted molar refractivity (Wildman–Crippen MR) is 211 cm³/mol. The maximum absolute atomic E-state index is 15.6. The molecule has 6 heterocycles. The van der Waals surface area contributed by atoms with E-state index in [1.54, 1.807) is 29.2 Å². The third-order valence-corrected chi connectivity index (χ3v) is 13.5. The first-order valence-corrected chi connectivity index (χ1v) is 20.2. The average Bonchev–Trinajstić information content (AvgIpc) is 3.87. The normalized spacial score (nSPS) is 22.3. The molecule has 3 aromatic rings. The summed E-state index contributed by atoms with van der Waals surface area (Å²) in [5.74, 6) is -2.47. The number of nitrogens with zero attached hydrogens (tertiary/aromatic N) is 6. The Labute approximate surface area is 335 Å². The Morgan fingerprint density at radius 2 is 1.47 bits per heavy atom. The van der Waals surface area contributed by atoms with Crippen LogP contribution < -0.4 is 15.1 Å². The number of imide groups is 2. The van der Waals surface area contributed by atoms with Crippen molar-refractivity contribution in [3.63, 3.8) is 0 Å². The molecule has 6 aliphatic heterocycles. The summed E-state index contributed by atoms with van der Waals surface area (Å²) in [6.07, 6.45) is 4.84. The second-order valence-corrected chi connectivity index (χ2v) is 17.0. The molecular formula is C43H43ClFN7O5. The van der Waals surface area contributed by atoms with E-state index in [0.717, 1.165) is 92.2 Å². The quantitative estimate of drug-likeness (QED) is 0.246. The SMILES string of the molecule is [C-]#[N+]c1ccc(N2CCC3(CCN(c4ccc(C(=O)N5CCC(CN6Cc7cc8c(cc7C6)C(=O)N(C6CCC(=O)NC6=O)C8=O)CC5)c(F)c4)CC3)C2)cc1Cl. The first kappa shape index (κ1) is 37.3. The maximum Gasteiger partial charge on any atom is 0.262 e. The summed E-state index contributed by atoms with van der Waals surface area (Å²) in [5.41, 5.74) is 5.14. The smallest absolute Gasteiger partial charge is 0.262 e.